The van der Waals surface area contributed by atoms with Gasteiger partial charge in [0.15, 0.2) is 16.7 Å². The number of anilines is 1. The number of nitrogens with zero attached hydrogens (tertiary/aromatic N) is 1. The molecule has 94 valence electrons. The highest BCUT2D eigenvalue weighted by atomic mass is 35.5. The smallest absolute Gasteiger partial charge is 0.171 e. The molecule has 1 aromatic carbocycles. The van der Waals surface area contributed by atoms with Gasteiger partial charge in [-0.2, -0.15) is 0 Å². The molecule has 0 aliphatic rings. The van der Waals surface area contributed by atoms with Crippen molar-refractivity contribution in [3.8, 4) is 11.5 Å². The quantitative estimate of drug-likeness (QED) is 0.645. The fourth-order valence-electron chi connectivity index (χ4n) is 1.34. The maximum absolute atomic E-state index is 5.97. The van der Waals surface area contributed by atoms with Crippen molar-refractivity contribution >= 4 is 40.5 Å². The molecule has 0 aliphatic heterocycles. The third kappa shape index (κ3) is 2.80. The zero-order valence-corrected chi connectivity index (χ0v) is 11.6. The summed E-state index contributed by atoms with van der Waals surface area (Å²) in [5.41, 5.74) is 6.96. The van der Waals surface area contributed by atoms with Gasteiger partial charge in [0.25, 0.3) is 0 Å². The summed E-state index contributed by atoms with van der Waals surface area (Å²) in [4.78, 5) is 4.08. The molecule has 0 radical (unpaired) electrons. The fourth-order valence-corrected chi connectivity index (χ4v) is 1.90. The van der Waals surface area contributed by atoms with Crippen LogP contribution in [0.25, 0.3) is 0 Å². The molecule has 1 heterocycles. The van der Waals surface area contributed by atoms with Crippen molar-refractivity contribution in [2.45, 2.75) is 6.92 Å². The van der Waals surface area contributed by atoms with E-state index in [1.54, 1.807) is 12.1 Å². The highest BCUT2D eigenvalue weighted by Crippen LogP contribution is 2.36. The predicted octanol–water partition coefficient (Wildman–Crippen LogP) is 4.72. The number of halogens is 3. The summed E-state index contributed by atoms with van der Waals surface area (Å²) in [6.45, 7) is 1.84. The molecule has 18 heavy (non-hydrogen) atoms. The molecule has 6 heteroatoms. The Bertz CT molecular complexity index is 602. The molecule has 0 bridgehead atoms. The molecule has 0 saturated heterocycles. The number of hydrogen-bond donors (Lipinski definition) is 1. The molecule has 3 nitrogen and oxygen atoms in total. The van der Waals surface area contributed by atoms with Crippen molar-refractivity contribution < 1.29 is 4.74 Å². The first-order chi connectivity index (χ1) is 8.47. The number of aryl methyl sites for hydroxylation is 1. The molecule has 0 saturated carbocycles. The van der Waals surface area contributed by atoms with Gasteiger partial charge in [0, 0.05) is 11.8 Å². The van der Waals surface area contributed by atoms with Crippen molar-refractivity contribution in [3.05, 3.63) is 45.2 Å². The van der Waals surface area contributed by atoms with Gasteiger partial charge in [-0.1, -0.05) is 34.8 Å². The molecule has 2 N–H and O–H groups in total. The van der Waals surface area contributed by atoms with Crippen molar-refractivity contribution in [1.29, 1.82) is 0 Å². The van der Waals surface area contributed by atoms with E-state index in [2.05, 4.69) is 4.98 Å². The summed E-state index contributed by atoms with van der Waals surface area (Å²) in [5, 5.41) is 0.993. The number of nitrogens with two attached hydrogens (primary N) is 1. The van der Waals surface area contributed by atoms with Crippen molar-refractivity contribution in [1.82, 2.24) is 4.98 Å². The lowest BCUT2D eigenvalue weighted by Gasteiger charge is -2.10. The van der Waals surface area contributed by atoms with E-state index < -0.39 is 0 Å². The number of aromatic nitrogens is 1. The minimum Gasteiger partial charge on any atom is -0.452 e. The van der Waals surface area contributed by atoms with E-state index >= 15 is 0 Å². The summed E-state index contributed by atoms with van der Waals surface area (Å²) in [6.07, 6.45) is 0. The third-order valence-electron chi connectivity index (χ3n) is 2.23. The van der Waals surface area contributed by atoms with Crippen LogP contribution in [0.15, 0.2) is 24.3 Å². The Morgan fingerprint density at radius 1 is 1.06 bits per heavy atom. The molecular weight excluding hydrogens is 295 g/mol. The highest BCUT2D eigenvalue weighted by Gasteiger charge is 2.10. The second-order valence-corrected chi connectivity index (χ2v) is 4.82. The van der Waals surface area contributed by atoms with Crippen LogP contribution in [0.3, 0.4) is 0 Å². The Labute approximate surface area is 119 Å². The monoisotopic (exact) mass is 302 g/mol. The van der Waals surface area contributed by atoms with Crippen LogP contribution in [-0.2, 0) is 0 Å². The molecule has 0 spiro atoms. The Morgan fingerprint density at radius 3 is 2.39 bits per heavy atom. The van der Waals surface area contributed by atoms with Gasteiger partial charge >= 0.3 is 0 Å². The summed E-state index contributed by atoms with van der Waals surface area (Å²) < 4.78 is 5.57. The maximum Gasteiger partial charge on any atom is 0.171 e. The Morgan fingerprint density at radius 2 is 1.72 bits per heavy atom. The van der Waals surface area contributed by atoms with E-state index in [-0.39, 0.29) is 5.15 Å². The van der Waals surface area contributed by atoms with Crippen molar-refractivity contribution in [2.75, 3.05) is 5.73 Å². The summed E-state index contributed by atoms with van der Waals surface area (Å²) in [5.74, 6) is 0.796. The molecule has 0 amide bonds. The van der Waals surface area contributed by atoms with Crippen molar-refractivity contribution in [3.63, 3.8) is 0 Å². The number of benzene rings is 1. The lowest BCUT2D eigenvalue weighted by molar-refractivity contribution is 0.482. The third-order valence-corrected chi connectivity index (χ3v) is 3.22. The van der Waals surface area contributed by atoms with E-state index in [9.17, 15) is 0 Å². The van der Waals surface area contributed by atoms with E-state index in [1.165, 1.54) is 12.1 Å². The van der Waals surface area contributed by atoms with E-state index in [0.29, 0.717) is 27.2 Å². The molecule has 0 unspecified atom stereocenters. The lowest BCUT2D eigenvalue weighted by atomic mass is 10.3. The first-order valence-corrected chi connectivity index (χ1v) is 6.16. The van der Waals surface area contributed by atoms with Crippen LogP contribution in [0.4, 0.5) is 5.69 Å². The molecular formula is C12H9Cl3N2O. The van der Waals surface area contributed by atoms with E-state index in [1.807, 2.05) is 6.92 Å². The van der Waals surface area contributed by atoms with Gasteiger partial charge in [0.05, 0.1) is 15.7 Å². The number of rotatable bonds is 2. The van der Waals surface area contributed by atoms with E-state index in [0.717, 1.165) is 5.69 Å². The lowest BCUT2D eigenvalue weighted by Crippen LogP contribution is -1.94. The number of pyridine rings is 1. The Kier molecular flexibility index (Phi) is 3.85. The van der Waals surface area contributed by atoms with Crippen LogP contribution in [0.1, 0.15) is 5.69 Å². The number of ether oxygens (including phenoxy) is 1. The average Bonchev–Trinajstić information content (AvgIpc) is 2.29. The molecule has 0 fully saturated rings. The van der Waals surface area contributed by atoms with Crippen LogP contribution in [0.5, 0.6) is 11.5 Å². The van der Waals surface area contributed by atoms with Gasteiger partial charge in [-0.3, -0.25) is 0 Å². The van der Waals surface area contributed by atoms with Crippen LogP contribution in [0.2, 0.25) is 15.2 Å². The van der Waals surface area contributed by atoms with Gasteiger partial charge in [-0.15, -0.1) is 0 Å². The largest absolute Gasteiger partial charge is 0.452 e. The number of nitrogen functional groups attached to an aromatic ring is 1. The number of hydrogen-bond acceptors (Lipinski definition) is 3. The second kappa shape index (κ2) is 5.22. The summed E-state index contributed by atoms with van der Waals surface area (Å²) in [6, 6.07) is 6.56. The Hall–Kier alpha value is -1.16. The Balaban J connectivity index is 2.37. The van der Waals surface area contributed by atoms with Gasteiger partial charge in [-0.25, -0.2) is 4.98 Å². The standard InChI is InChI=1S/C12H9Cl3N2O/c1-6-2-3-10(12(15)17-6)18-11-5-8(14)7(13)4-9(11)16/h2-5H,16H2,1H3. The van der Waals surface area contributed by atoms with Crippen LogP contribution >= 0.6 is 34.8 Å². The molecule has 2 aromatic rings. The van der Waals surface area contributed by atoms with Gasteiger partial charge in [0.1, 0.15) is 0 Å². The fraction of sp³-hybridized carbons (Fsp3) is 0.0833. The van der Waals surface area contributed by atoms with E-state index in [4.69, 9.17) is 45.3 Å². The first-order valence-electron chi connectivity index (χ1n) is 5.03. The SMILES string of the molecule is Cc1ccc(Oc2cc(Cl)c(Cl)cc2N)c(Cl)n1. The second-order valence-electron chi connectivity index (χ2n) is 3.65. The summed E-state index contributed by atoms with van der Waals surface area (Å²) in [7, 11) is 0. The molecule has 0 aliphatic carbocycles. The average molecular weight is 304 g/mol. The minimum atomic E-state index is 0.264. The zero-order valence-electron chi connectivity index (χ0n) is 9.38. The predicted molar refractivity (Wildman–Crippen MR) is 74.9 cm³/mol. The molecule has 1 aromatic heterocycles. The zero-order chi connectivity index (χ0) is 13.3. The van der Waals surface area contributed by atoms with Gasteiger partial charge < -0.3 is 10.5 Å². The van der Waals surface area contributed by atoms with Crippen molar-refractivity contribution in [2.24, 2.45) is 0 Å². The minimum absolute atomic E-state index is 0.264. The normalized spacial score (nSPS) is 10.4. The van der Waals surface area contributed by atoms with Crippen LogP contribution in [-0.4, -0.2) is 4.98 Å². The topological polar surface area (TPSA) is 48.1 Å². The van der Waals surface area contributed by atoms with Gasteiger partial charge in [0.2, 0.25) is 0 Å². The molecule has 2 rings (SSSR count). The van der Waals surface area contributed by atoms with Gasteiger partial charge in [-0.05, 0) is 25.1 Å². The maximum atomic E-state index is 5.97. The molecule has 0 atom stereocenters. The summed E-state index contributed by atoms with van der Waals surface area (Å²) >= 11 is 17.7. The van der Waals surface area contributed by atoms with Crippen LogP contribution in [0, 0.1) is 6.92 Å². The highest BCUT2D eigenvalue weighted by molar-refractivity contribution is 6.42. The van der Waals surface area contributed by atoms with Crippen LogP contribution < -0.4 is 10.5 Å². The first kappa shape index (κ1) is 13.3.